The molecule has 1 aliphatic heterocycles. The first-order valence-corrected chi connectivity index (χ1v) is 6.81. The summed E-state index contributed by atoms with van der Waals surface area (Å²) < 4.78 is 5.56. The fourth-order valence-corrected chi connectivity index (χ4v) is 2.69. The van der Waals surface area contributed by atoms with Gasteiger partial charge in [-0.05, 0) is 17.5 Å². The van der Waals surface area contributed by atoms with E-state index in [2.05, 4.69) is 23.8 Å². The molecule has 0 saturated heterocycles. The van der Waals surface area contributed by atoms with Gasteiger partial charge in [0.05, 0.1) is 6.26 Å². The van der Waals surface area contributed by atoms with Gasteiger partial charge in [-0.15, -0.1) is 0 Å². The second kappa shape index (κ2) is 4.87. The molecule has 2 aromatic rings. The van der Waals surface area contributed by atoms with Crippen LogP contribution in [0.5, 0.6) is 0 Å². The van der Waals surface area contributed by atoms with E-state index >= 15 is 0 Å². The molecule has 6 heteroatoms. The molecule has 0 spiro atoms. The SMILES string of the molecule is CC1(C)Cc2occc2CN(c2nccc(C(=O)O)n2)C1. The van der Waals surface area contributed by atoms with Gasteiger partial charge < -0.3 is 14.4 Å². The number of nitrogens with zero attached hydrogens (tertiary/aromatic N) is 3. The van der Waals surface area contributed by atoms with Gasteiger partial charge in [-0.3, -0.25) is 0 Å². The molecule has 6 nitrogen and oxygen atoms in total. The Kier molecular flexibility index (Phi) is 3.16. The van der Waals surface area contributed by atoms with E-state index in [1.54, 1.807) is 6.26 Å². The number of fused-ring (bicyclic) bond motifs is 1. The molecule has 110 valence electrons. The number of hydrogen-bond acceptors (Lipinski definition) is 5. The summed E-state index contributed by atoms with van der Waals surface area (Å²) >= 11 is 0. The molecule has 21 heavy (non-hydrogen) atoms. The second-order valence-corrected chi connectivity index (χ2v) is 6.11. The quantitative estimate of drug-likeness (QED) is 0.913. The lowest BCUT2D eigenvalue weighted by Gasteiger charge is -2.29. The molecule has 0 amide bonds. The third-order valence-corrected chi connectivity index (χ3v) is 3.60. The topological polar surface area (TPSA) is 79.5 Å². The Labute approximate surface area is 122 Å². The second-order valence-electron chi connectivity index (χ2n) is 6.11. The number of furan rings is 1. The van der Waals surface area contributed by atoms with Gasteiger partial charge in [0.25, 0.3) is 0 Å². The van der Waals surface area contributed by atoms with Crippen LogP contribution >= 0.6 is 0 Å². The van der Waals surface area contributed by atoms with Crippen molar-refractivity contribution in [2.45, 2.75) is 26.8 Å². The molecule has 2 aromatic heterocycles. The Hall–Kier alpha value is -2.37. The Bertz CT molecular complexity index is 678. The number of anilines is 1. The van der Waals surface area contributed by atoms with Crippen molar-refractivity contribution in [2.24, 2.45) is 5.41 Å². The number of aromatic nitrogens is 2. The molecule has 0 unspecified atom stereocenters. The zero-order valence-corrected chi connectivity index (χ0v) is 12.0. The molecule has 0 aromatic carbocycles. The summed E-state index contributed by atoms with van der Waals surface area (Å²) in [6.07, 6.45) is 4.02. The standard InChI is InChI=1S/C15H17N3O3/c1-15(2)7-12-10(4-6-21-12)8-18(9-15)14-16-5-3-11(17-14)13(19)20/h3-6H,7-9H2,1-2H3,(H,19,20). The fraction of sp³-hybridized carbons (Fsp3) is 0.400. The summed E-state index contributed by atoms with van der Waals surface area (Å²) in [5, 5.41) is 9.07. The lowest BCUT2D eigenvalue weighted by molar-refractivity contribution is 0.0690. The van der Waals surface area contributed by atoms with E-state index in [4.69, 9.17) is 9.52 Å². The minimum absolute atomic E-state index is 0.00824. The number of carbonyl (C=O) groups is 1. The maximum absolute atomic E-state index is 11.1. The lowest BCUT2D eigenvalue weighted by atomic mass is 9.88. The summed E-state index contributed by atoms with van der Waals surface area (Å²) in [7, 11) is 0. The van der Waals surface area contributed by atoms with Crippen LogP contribution in [0.25, 0.3) is 0 Å². The molecular formula is C15H17N3O3. The molecular weight excluding hydrogens is 270 g/mol. The van der Waals surface area contributed by atoms with Crippen LogP contribution in [-0.4, -0.2) is 27.6 Å². The van der Waals surface area contributed by atoms with Gasteiger partial charge in [-0.25, -0.2) is 14.8 Å². The lowest BCUT2D eigenvalue weighted by Crippen LogP contribution is -2.34. The molecule has 0 bridgehead atoms. The maximum atomic E-state index is 11.1. The Morgan fingerprint density at radius 1 is 1.43 bits per heavy atom. The predicted molar refractivity (Wildman–Crippen MR) is 76.2 cm³/mol. The van der Waals surface area contributed by atoms with E-state index in [1.165, 1.54) is 12.3 Å². The smallest absolute Gasteiger partial charge is 0.354 e. The molecule has 0 fully saturated rings. The molecule has 0 atom stereocenters. The molecule has 3 heterocycles. The maximum Gasteiger partial charge on any atom is 0.354 e. The van der Waals surface area contributed by atoms with Crippen molar-refractivity contribution in [3.8, 4) is 0 Å². The minimum atomic E-state index is -1.04. The summed E-state index contributed by atoms with van der Waals surface area (Å²) in [5.41, 5.74) is 1.10. The van der Waals surface area contributed by atoms with Gasteiger partial charge >= 0.3 is 5.97 Å². The fourth-order valence-electron chi connectivity index (χ4n) is 2.69. The van der Waals surface area contributed by atoms with Gasteiger partial charge in [-0.2, -0.15) is 0 Å². The van der Waals surface area contributed by atoms with Crippen LogP contribution in [0.2, 0.25) is 0 Å². The average Bonchev–Trinajstić information content (AvgIpc) is 2.79. The van der Waals surface area contributed by atoms with E-state index in [9.17, 15) is 4.79 Å². The van der Waals surface area contributed by atoms with E-state index < -0.39 is 5.97 Å². The van der Waals surface area contributed by atoms with Crippen LogP contribution in [0.3, 0.4) is 0 Å². The Balaban J connectivity index is 1.98. The Morgan fingerprint density at radius 2 is 2.24 bits per heavy atom. The zero-order chi connectivity index (χ0) is 15.0. The van der Waals surface area contributed by atoms with Crippen LogP contribution in [-0.2, 0) is 13.0 Å². The first-order valence-electron chi connectivity index (χ1n) is 6.81. The highest BCUT2D eigenvalue weighted by atomic mass is 16.4. The highest BCUT2D eigenvalue weighted by Crippen LogP contribution is 2.32. The van der Waals surface area contributed by atoms with Gasteiger partial charge in [0.2, 0.25) is 5.95 Å². The molecule has 0 aliphatic carbocycles. The van der Waals surface area contributed by atoms with Gasteiger partial charge in [0.1, 0.15) is 5.76 Å². The van der Waals surface area contributed by atoms with Crippen LogP contribution in [0.1, 0.15) is 35.7 Å². The van der Waals surface area contributed by atoms with E-state index in [-0.39, 0.29) is 11.1 Å². The summed E-state index contributed by atoms with van der Waals surface area (Å²) in [6.45, 7) is 5.66. The zero-order valence-electron chi connectivity index (χ0n) is 12.0. The van der Waals surface area contributed by atoms with Crippen molar-refractivity contribution >= 4 is 11.9 Å². The van der Waals surface area contributed by atoms with Crippen LogP contribution in [0.4, 0.5) is 5.95 Å². The summed E-state index contributed by atoms with van der Waals surface area (Å²) in [4.78, 5) is 21.4. The van der Waals surface area contributed by atoms with Crippen molar-refractivity contribution in [3.05, 3.63) is 41.6 Å². The van der Waals surface area contributed by atoms with Crippen molar-refractivity contribution in [1.82, 2.24) is 9.97 Å². The third kappa shape index (κ3) is 2.74. The van der Waals surface area contributed by atoms with Gasteiger partial charge in [0, 0.05) is 31.3 Å². The predicted octanol–water partition coefficient (Wildman–Crippen LogP) is 2.36. The highest BCUT2D eigenvalue weighted by Gasteiger charge is 2.30. The number of hydrogen-bond donors (Lipinski definition) is 1. The first-order chi connectivity index (χ1) is 9.94. The number of carboxylic acid groups (broad SMARTS) is 1. The average molecular weight is 287 g/mol. The van der Waals surface area contributed by atoms with Gasteiger partial charge in [0.15, 0.2) is 5.69 Å². The number of aromatic carboxylic acids is 1. The van der Waals surface area contributed by atoms with Gasteiger partial charge in [-0.1, -0.05) is 13.8 Å². The minimum Gasteiger partial charge on any atom is -0.477 e. The Morgan fingerprint density at radius 3 is 3.00 bits per heavy atom. The van der Waals surface area contributed by atoms with Crippen LogP contribution in [0.15, 0.2) is 29.0 Å². The first kappa shape index (κ1) is 13.6. The molecule has 3 rings (SSSR count). The van der Waals surface area contributed by atoms with Crippen molar-refractivity contribution in [1.29, 1.82) is 0 Å². The normalized spacial score (nSPS) is 17.1. The van der Waals surface area contributed by atoms with Crippen molar-refractivity contribution < 1.29 is 14.3 Å². The van der Waals surface area contributed by atoms with E-state index in [1.807, 2.05) is 11.0 Å². The van der Waals surface area contributed by atoms with Crippen LogP contribution in [0, 0.1) is 5.41 Å². The van der Waals surface area contributed by atoms with Crippen molar-refractivity contribution in [2.75, 3.05) is 11.4 Å². The summed E-state index contributed by atoms with van der Waals surface area (Å²) in [6, 6.07) is 3.35. The largest absolute Gasteiger partial charge is 0.477 e. The number of rotatable bonds is 2. The number of carboxylic acids is 1. The molecule has 0 saturated carbocycles. The van der Waals surface area contributed by atoms with E-state index in [0.717, 1.165) is 24.3 Å². The molecule has 0 radical (unpaired) electrons. The van der Waals surface area contributed by atoms with Crippen molar-refractivity contribution in [3.63, 3.8) is 0 Å². The monoisotopic (exact) mass is 287 g/mol. The highest BCUT2D eigenvalue weighted by molar-refractivity contribution is 5.85. The third-order valence-electron chi connectivity index (χ3n) is 3.60. The van der Waals surface area contributed by atoms with E-state index in [0.29, 0.717) is 12.5 Å². The molecule has 1 N–H and O–H groups in total. The molecule has 1 aliphatic rings. The van der Waals surface area contributed by atoms with Crippen LogP contribution < -0.4 is 4.90 Å². The summed E-state index contributed by atoms with van der Waals surface area (Å²) in [5.74, 6) is 0.380.